The molecule has 0 atom stereocenters. The number of benzene rings is 1. The Morgan fingerprint density at radius 1 is 1.38 bits per heavy atom. The number of esters is 1. The Bertz CT molecular complexity index is 389. The van der Waals surface area contributed by atoms with E-state index in [1.165, 1.54) is 6.07 Å². The van der Waals surface area contributed by atoms with Gasteiger partial charge in [-0.15, -0.1) is 0 Å². The summed E-state index contributed by atoms with van der Waals surface area (Å²) in [5.41, 5.74) is 0.709. The molecule has 1 aromatic rings. The number of phenolic OH excluding ortho intramolecular Hbond substituents is 1. The second-order valence-corrected chi connectivity index (χ2v) is 4.76. The smallest absolute Gasteiger partial charge is 0.310 e. The van der Waals surface area contributed by atoms with E-state index in [0.29, 0.717) is 12.2 Å². The van der Waals surface area contributed by atoms with Gasteiger partial charge >= 0.3 is 5.97 Å². The lowest BCUT2D eigenvalue weighted by atomic mass is 9.86. The summed E-state index contributed by atoms with van der Waals surface area (Å²) in [6.45, 7) is 7.77. The summed E-state index contributed by atoms with van der Waals surface area (Å²) >= 11 is 0. The topological polar surface area (TPSA) is 46.5 Å². The molecule has 0 saturated carbocycles. The predicted octanol–water partition coefficient (Wildman–Crippen LogP) is 3.01. The molecule has 0 saturated heterocycles. The number of ether oxygens (including phenoxy) is 1. The van der Waals surface area contributed by atoms with Gasteiger partial charge < -0.3 is 9.84 Å². The molecule has 0 radical (unpaired) electrons. The van der Waals surface area contributed by atoms with Crippen LogP contribution in [0, 0.1) is 0 Å². The SMILES string of the molecule is CCC(=O)Oc1ccc(C(C)(C)C)c(O)c1. The normalized spacial score (nSPS) is 11.2. The van der Waals surface area contributed by atoms with Crippen LogP contribution in [-0.4, -0.2) is 11.1 Å². The molecular weight excluding hydrogens is 204 g/mol. The highest BCUT2D eigenvalue weighted by Crippen LogP contribution is 2.33. The Morgan fingerprint density at radius 3 is 2.44 bits per heavy atom. The van der Waals surface area contributed by atoms with Crippen LogP contribution < -0.4 is 4.74 Å². The zero-order valence-corrected chi connectivity index (χ0v) is 10.2. The third-order valence-corrected chi connectivity index (χ3v) is 2.30. The zero-order valence-electron chi connectivity index (χ0n) is 10.2. The number of carbonyl (C=O) groups is 1. The molecule has 0 unspecified atom stereocenters. The summed E-state index contributed by atoms with van der Waals surface area (Å²) < 4.78 is 5.01. The van der Waals surface area contributed by atoms with Crippen molar-refractivity contribution in [2.45, 2.75) is 39.5 Å². The van der Waals surface area contributed by atoms with Gasteiger partial charge in [0.05, 0.1) is 0 Å². The van der Waals surface area contributed by atoms with E-state index in [-0.39, 0.29) is 17.1 Å². The number of rotatable bonds is 2. The van der Waals surface area contributed by atoms with Crippen molar-refractivity contribution in [2.75, 3.05) is 0 Å². The summed E-state index contributed by atoms with van der Waals surface area (Å²) in [7, 11) is 0. The molecule has 0 heterocycles. The number of carbonyl (C=O) groups excluding carboxylic acids is 1. The first-order chi connectivity index (χ1) is 7.34. The van der Waals surface area contributed by atoms with E-state index in [1.807, 2.05) is 20.8 Å². The molecule has 1 rings (SSSR count). The average molecular weight is 222 g/mol. The summed E-state index contributed by atoms with van der Waals surface area (Å²) in [6, 6.07) is 4.97. The molecule has 0 aliphatic rings. The molecule has 0 aliphatic carbocycles. The highest BCUT2D eigenvalue weighted by molar-refractivity contribution is 5.72. The lowest BCUT2D eigenvalue weighted by Gasteiger charge is -2.20. The standard InChI is InChI=1S/C13H18O3/c1-5-12(15)16-9-6-7-10(11(14)8-9)13(2,3)4/h6-8,14H,5H2,1-4H3. The second-order valence-electron chi connectivity index (χ2n) is 4.76. The first-order valence-electron chi connectivity index (χ1n) is 5.38. The molecule has 1 N–H and O–H groups in total. The molecule has 0 bridgehead atoms. The summed E-state index contributed by atoms with van der Waals surface area (Å²) in [4.78, 5) is 11.1. The van der Waals surface area contributed by atoms with Crippen LogP contribution in [0.3, 0.4) is 0 Å². The number of hydrogen-bond acceptors (Lipinski definition) is 3. The van der Waals surface area contributed by atoms with Crippen LogP contribution >= 0.6 is 0 Å². The van der Waals surface area contributed by atoms with Crippen molar-refractivity contribution in [3.63, 3.8) is 0 Å². The summed E-state index contributed by atoms with van der Waals surface area (Å²) in [5, 5.41) is 9.82. The summed E-state index contributed by atoms with van der Waals surface area (Å²) in [5.74, 6) is 0.245. The van der Waals surface area contributed by atoms with Gasteiger partial charge in [0.1, 0.15) is 11.5 Å². The minimum atomic E-state index is -0.303. The van der Waals surface area contributed by atoms with Gasteiger partial charge in [0.25, 0.3) is 0 Å². The lowest BCUT2D eigenvalue weighted by Crippen LogP contribution is -2.11. The van der Waals surface area contributed by atoms with Crippen molar-refractivity contribution < 1.29 is 14.6 Å². The molecule has 88 valence electrons. The highest BCUT2D eigenvalue weighted by Gasteiger charge is 2.18. The molecule has 3 nitrogen and oxygen atoms in total. The van der Waals surface area contributed by atoms with Gasteiger partial charge in [-0.25, -0.2) is 0 Å². The zero-order chi connectivity index (χ0) is 12.3. The first kappa shape index (κ1) is 12.6. The molecule has 0 aliphatic heterocycles. The van der Waals surface area contributed by atoms with Gasteiger partial charge in [0.2, 0.25) is 0 Å². The average Bonchev–Trinajstić information content (AvgIpc) is 2.15. The third-order valence-electron chi connectivity index (χ3n) is 2.30. The Morgan fingerprint density at radius 2 is 2.00 bits per heavy atom. The molecule has 0 spiro atoms. The van der Waals surface area contributed by atoms with Crippen molar-refractivity contribution in [2.24, 2.45) is 0 Å². The van der Waals surface area contributed by atoms with Gasteiger partial charge in [0, 0.05) is 12.5 Å². The van der Waals surface area contributed by atoms with Crippen molar-refractivity contribution >= 4 is 5.97 Å². The van der Waals surface area contributed by atoms with E-state index in [4.69, 9.17) is 4.74 Å². The predicted molar refractivity (Wildman–Crippen MR) is 62.7 cm³/mol. The summed E-state index contributed by atoms with van der Waals surface area (Å²) in [6.07, 6.45) is 0.321. The van der Waals surface area contributed by atoms with E-state index in [0.717, 1.165) is 5.56 Å². The molecule has 0 fully saturated rings. The minimum absolute atomic E-state index is 0.128. The van der Waals surface area contributed by atoms with Crippen LogP contribution in [0.1, 0.15) is 39.7 Å². The number of phenols is 1. The van der Waals surface area contributed by atoms with Crippen molar-refractivity contribution in [3.8, 4) is 11.5 Å². The fourth-order valence-corrected chi connectivity index (χ4v) is 1.41. The highest BCUT2D eigenvalue weighted by atomic mass is 16.5. The second kappa shape index (κ2) is 4.56. The Labute approximate surface area is 96.1 Å². The number of aromatic hydroxyl groups is 1. The number of hydrogen-bond donors (Lipinski definition) is 1. The molecule has 16 heavy (non-hydrogen) atoms. The molecule has 0 amide bonds. The van der Waals surface area contributed by atoms with Gasteiger partial charge in [-0.3, -0.25) is 4.79 Å². The minimum Gasteiger partial charge on any atom is -0.508 e. The Kier molecular flexibility index (Phi) is 3.58. The maximum Gasteiger partial charge on any atom is 0.310 e. The fraction of sp³-hybridized carbons (Fsp3) is 0.462. The van der Waals surface area contributed by atoms with E-state index < -0.39 is 0 Å². The van der Waals surface area contributed by atoms with Gasteiger partial charge in [-0.05, 0) is 17.0 Å². The molecule has 1 aromatic carbocycles. The molecule has 0 aromatic heterocycles. The van der Waals surface area contributed by atoms with E-state index in [1.54, 1.807) is 19.1 Å². The maximum absolute atomic E-state index is 11.1. The van der Waals surface area contributed by atoms with Crippen molar-refractivity contribution in [3.05, 3.63) is 23.8 Å². The van der Waals surface area contributed by atoms with E-state index in [2.05, 4.69) is 0 Å². The molecule has 3 heteroatoms. The van der Waals surface area contributed by atoms with E-state index in [9.17, 15) is 9.90 Å². The van der Waals surface area contributed by atoms with Crippen LogP contribution in [0.25, 0.3) is 0 Å². The van der Waals surface area contributed by atoms with E-state index >= 15 is 0 Å². The fourth-order valence-electron chi connectivity index (χ4n) is 1.41. The Balaban J connectivity index is 2.96. The maximum atomic E-state index is 11.1. The van der Waals surface area contributed by atoms with Crippen LogP contribution in [-0.2, 0) is 10.2 Å². The molecular formula is C13H18O3. The van der Waals surface area contributed by atoms with Crippen molar-refractivity contribution in [1.29, 1.82) is 0 Å². The monoisotopic (exact) mass is 222 g/mol. The van der Waals surface area contributed by atoms with Gasteiger partial charge in [-0.2, -0.15) is 0 Å². The van der Waals surface area contributed by atoms with Crippen LogP contribution in [0.15, 0.2) is 18.2 Å². The van der Waals surface area contributed by atoms with Gasteiger partial charge in [-0.1, -0.05) is 33.8 Å². The third kappa shape index (κ3) is 2.99. The lowest BCUT2D eigenvalue weighted by molar-refractivity contribution is -0.134. The van der Waals surface area contributed by atoms with Crippen LogP contribution in [0.5, 0.6) is 11.5 Å². The first-order valence-corrected chi connectivity index (χ1v) is 5.38. The van der Waals surface area contributed by atoms with Crippen LogP contribution in [0.4, 0.5) is 0 Å². The largest absolute Gasteiger partial charge is 0.508 e. The van der Waals surface area contributed by atoms with Crippen LogP contribution in [0.2, 0.25) is 0 Å². The Hall–Kier alpha value is -1.51. The van der Waals surface area contributed by atoms with Gasteiger partial charge in [0.15, 0.2) is 0 Å². The quantitative estimate of drug-likeness (QED) is 0.618. The van der Waals surface area contributed by atoms with Crippen molar-refractivity contribution in [1.82, 2.24) is 0 Å².